The number of likely N-dealkylation sites (tertiary alicyclic amines) is 1. The van der Waals surface area contributed by atoms with E-state index < -0.39 is 0 Å². The van der Waals surface area contributed by atoms with Crippen LogP contribution in [-0.4, -0.2) is 34.3 Å². The van der Waals surface area contributed by atoms with E-state index in [1.54, 1.807) is 0 Å². The SMILES string of the molecule is Cc1nn(C)cc1C(C)N1CCCC(CCN)C1. The Morgan fingerprint density at radius 2 is 2.33 bits per heavy atom. The first-order valence-electron chi connectivity index (χ1n) is 7.06. The average molecular weight is 250 g/mol. The summed E-state index contributed by atoms with van der Waals surface area (Å²) >= 11 is 0. The van der Waals surface area contributed by atoms with Gasteiger partial charge in [0.05, 0.1) is 5.69 Å². The molecule has 2 unspecified atom stereocenters. The summed E-state index contributed by atoms with van der Waals surface area (Å²) in [6.45, 7) is 7.62. The molecule has 0 aliphatic carbocycles. The molecule has 2 heterocycles. The topological polar surface area (TPSA) is 47.1 Å². The lowest BCUT2D eigenvalue weighted by Crippen LogP contribution is -2.38. The second kappa shape index (κ2) is 5.85. The Morgan fingerprint density at radius 3 is 2.94 bits per heavy atom. The minimum absolute atomic E-state index is 0.472. The lowest BCUT2D eigenvalue weighted by atomic mass is 9.93. The summed E-state index contributed by atoms with van der Waals surface area (Å²) in [4.78, 5) is 2.59. The van der Waals surface area contributed by atoms with Crippen molar-refractivity contribution in [2.45, 2.75) is 39.2 Å². The van der Waals surface area contributed by atoms with Crippen molar-refractivity contribution in [1.29, 1.82) is 0 Å². The van der Waals surface area contributed by atoms with E-state index in [4.69, 9.17) is 5.73 Å². The third-order valence-corrected chi connectivity index (χ3v) is 4.17. The normalized spacial score (nSPS) is 23.2. The first-order chi connectivity index (χ1) is 8.61. The van der Waals surface area contributed by atoms with Crippen molar-refractivity contribution in [3.63, 3.8) is 0 Å². The molecule has 1 aromatic rings. The van der Waals surface area contributed by atoms with E-state index in [-0.39, 0.29) is 0 Å². The van der Waals surface area contributed by atoms with Crippen LogP contribution in [0.4, 0.5) is 0 Å². The van der Waals surface area contributed by atoms with Gasteiger partial charge in [0.2, 0.25) is 0 Å². The second-order valence-electron chi connectivity index (χ2n) is 5.60. The fourth-order valence-electron chi connectivity index (χ4n) is 3.15. The Morgan fingerprint density at radius 1 is 1.56 bits per heavy atom. The monoisotopic (exact) mass is 250 g/mol. The molecule has 0 bridgehead atoms. The van der Waals surface area contributed by atoms with Gasteiger partial charge in [-0.1, -0.05) is 0 Å². The van der Waals surface area contributed by atoms with Crippen molar-refractivity contribution < 1.29 is 0 Å². The van der Waals surface area contributed by atoms with Gasteiger partial charge in [0.15, 0.2) is 0 Å². The van der Waals surface area contributed by atoms with Gasteiger partial charge in [-0.25, -0.2) is 0 Å². The maximum absolute atomic E-state index is 5.69. The van der Waals surface area contributed by atoms with Gasteiger partial charge in [-0.15, -0.1) is 0 Å². The van der Waals surface area contributed by atoms with Crippen molar-refractivity contribution in [3.05, 3.63) is 17.5 Å². The van der Waals surface area contributed by atoms with Crippen molar-refractivity contribution >= 4 is 0 Å². The Labute approximate surface area is 110 Å². The number of aryl methyl sites for hydroxylation is 2. The van der Waals surface area contributed by atoms with Crippen LogP contribution in [0.2, 0.25) is 0 Å². The number of nitrogens with zero attached hydrogens (tertiary/aromatic N) is 3. The molecule has 0 saturated carbocycles. The van der Waals surface area contributed by atoms with Crippen molar-refractivity contribution in [1.82, 2.24) is 14.7 Å². The fourth-order valence-corrected chi connectivity index (χ4v) is 3.15. The summed E-state index contributed by atoms with van der Waals surface area (Å²) in [5.41, 5.74) is 8.21. The highest BCUT2D eigenvalue weighted by atomic mass is 15.3. The number of nitrogens with two attached hydrogens (primary N) is 1. The van der Waals surface area contributed by atoms with Gasteiger partial charge in [0.25, 0.3) is 0 Å². The molecular formula is C14H26N4. The number of aromatic nitrogens is 2. The molecule has 2 rings (SSSR count). The Balaban J connectivity index is 2.04. The summed E-state index contributed by atoms with van der Waals surface area (Å²) in [6.07, 6.45) is 5.96. The van der Waals surface area contributed by atoms with Crippen LogP contribution in [0.3, 0.4) is 0 Å². The zero-order valence-electron chi connectivity index (χ0n) is 11.9. The summed E-state index contributed by atoms with van der Waals surface area (Å²) in [7, 11) is 2.00. The summed E-state index contributed by atoms with van der Waals surface area (Å²) in [5.74, 6) is 0.781. The predicted octanol–water partition coefficient (Wildman–Crippen LogP) is 1.85. The molecule has 2 atom stereocenters. The number of piperidine rings is 1. The lowest BCUT2D eigenvalue weighted by molar-refractivity contribution is 0.128. The number of rotatable bonds is 4. The van der Waals surface area contributed by atoms with E-state index in [1.165, 1.54) is 31.5 Å². The van der Waals surface area contributed by atoms with Crippen LogP contribution in [-0.2, 0) is 7.05 Å². The van der Waals surface area contributed by atoms with E-state index in [2.05, 4.69) is 30.0 Å². The molecule has 4 nitrogen and oxygen atoms in total. The molecule has 0 radical (unpaired) electrons. The van der Waals surface area contributed by atoms with E-state index in [0.717, 1.165) is 24.6 Å². The molecule has 1 aliphatic rings. The lowest BCUT2D eigenvalue weighted by Gasteiger charge is -2.36. The maximum atomic E-state index is 5.69. The van der Waals surface area contributed by atoms with Gasteiger partial charge in [0.1, 0.15) is 0 Å². The van der Waals surface area contributed by atoms with Gasteiger partial charge in [0, 0.05) is 31.4 Å². The molecule has 0 aromatic carbocycles. The smallest absolute Gasteiger partial charge is 0.0641 e. The first-order valence-corrected chi connectivity index (χ1v) is 7.06. The largest absolute Gasteiger partial charge is 0.330 e. The van der Waals surface area contributed by atoms with Crippen LogP contribution in [0.15, 0.2) is 6.20 Å². The third kappa shape index (κ3) is 2.93. The quantitative estimate of drug-likeness (QED) is 0.887. The minimum atomic E-state index is 0.472. The molecule has 18 heavy (non-hydrogen) atoms. The minimum Gasteiger partial charge on any atom is -0.330 e. The van der Waals surface area contributed by atoms with E-state index in [9.17, 15) is 0 Å². The van der Waals surface area contributed by atoms with Gasteiger partial charge in [-0.2, -0.15) is 5.10 Å². The van der Waals surface area contributed by atoms with Crippen molar-refractivity contribution in [3.8, 4) is 0 Å². The molecule has 0 amide bonds. The number of hydrogen-bond acceptors (Lipinski definition) is 3. The van der Waals surface area contributed by atoms with Gasteiger partial charge in [-0.3, -0.25) is 9.58 Å². The van der Waals surface area contributed by atoms with Crippen LogP contribution >= 0.6 is 0 Å². The van der Waals surface area contributed by atoms with Gasteiger partial charge >= 0.3 is 0 Å². The first kappa shape index (κ1) is 13.6. The van der Waals surface area contributed by atoms with Crippen LogP contribution in [0.5, 0.6) is 0 Å². The average Bonchev–Trinajstić information content (AvgIpc) is 2.68. The van der Waals surface area contributed by atoms with Gasteiger partial charge in [-0.05, 0) is 52.1 Å². The van der Waals surface area contributed by atoms with Crippen molar-refractivity contribution in [2.24, 2.45) is 18.7 Å². The summed E-state index contributed by atoms with van der Waals surface area (Å²) in [6, 6.07) is 0.472. The molecule has 2 N–H and O–H groups in total. The maximum Gasteiger partial charge on any atom is 0.0641 e. The second-order valence-corrected chi connectivity index (χ2v) is 5.60. The van der Waals surface area contributed by atoms with Crippen LogP contribution in [0, 0.1) is 12.8 Å². The zero-order valence-corrected chi connectivity index (χ0v) is 11.9. The Bertz CT molecular complexity index is 383. The standard InChI is InChI=1S/C14H26N4/c1-11-14(10-17(3)16-11)12(2)18-8-4-5-13(9-18)6-7-15/h10,12-13H,4-9,15H2,1-3H3. The fraction of sp³-hybridized carbons (Fsp3) is 0.786. The molecule has 1 aromatic heterocycles. The molecule has 1 aliphatic heterocycles. The predicted molar refractivity (Wildman–Crippen MR) is 74.3 cm³/mol. The molecule has 1 fully saturated rings. The van der Waals surface area contributed by atoms with Gasteiger partial charge < -0.3 is 5.73 Å². The summed E-state index contributed by atoms with van der Waals surface area (Å²) in [5, 5.41) is 4.45. The molecule has 102 valence electrons. The van der Waals surface area contributed by atoms with E-state index >= 15 is 0 Å². The highest BCUT2D eigenvalue weighted by Gasteiger charge is 2.25. The Kier molecular flexibility index (Phi) is 4.40. The van der Waals surface area contributed by atoms with E-state index in [0.29, 0.717) is 6.04 Å². The summed E-state index contributed by atoms with van der Waals surface area (Å²) < 4.78 is 1.92. The Hall–Kier alpha value is -0.870. The molecular weight excluding hydrogens is 224 g/mol. The van der Waals surface area contributed by atoms with Crippen LogP contribution in [0.25, 0.3) is 0 Å². The van der Waals surface area contributed by atoms with E-state index in [1.807, 2.05) is 11.7 Å². The molecule has 0 spiro atoms. The van der Waals surface area contributed by atoms with Crippen LogP contribution in [0.1, 0.15) is 43.5 Å². The van der Waals surface area contributed by atoms with Crippen LogP contribution < -0.4 is 5.73 Å². The zero-order chi connectivity index (χ0) is 13.1. The highest BCUT2D eigenvalue weighted by molar-refractivity contribution is 5.19. The molecule has 4 heteroatoms. The molecule has 1 saturated heterocycles. The highest BCUT2D eigenvalue weighted by Crippen LogP contribution is 2.28. The third-order valence-electron chi connectivity index (χ3n) is 4.17. The van der Waals surface area contributed by atoms with Crippen molar-refractivity contribution in [2.75, 3.05) is 19.6 Å². The number of hydrogen-bond donors (Lipinski definition) is 1.